The highest BCUT2D eigenvalue weighted by atomic mass is 16.3. The van der Waals surface area contributed by atoms with Crippen LogP contribution in [0.2, 0.25) is 0 Å². The predicted molar refractivity (Wildman–Crippen MR) is 75.9 cm³/mol. The lowest BCUT2D eigenvalue weighted by Gasteiger charge is -2.40. The van der Waals surface area contributed by atoms with Crippen LogP contribution in [0.1, 0.15) is 51.9 Å². The number of amides is 1. The Kier molecular flexibility index (Phi) is 5.22. The number of hydrogen-bond acceptors (Lipinski definition) is 3. The van der Waals surface area contributed by atoms with E-state index in [9.17, 15) is 4.79 Å². The van der Waals surface area contributed by atoms with Crippen LogP contribution in [0.15, 0.2) is 0 Å². The largest absolute Gasteiger partial charge is 0.396 e. The van der Waals surface area contributed by atoms with Gasteiger partial charge in [0.15, 0.2) is 0 Å². The van der Waals surface area contributed by atoms with Crippen LogP contribution in [0.5, 0.6) is 0 Å². The molecule has 2 aliphatic heterocycles. The highest BCUT2D eigenvalue weighted by Gasteiger charge is 2.43. The lowest BCUT2D eigenvalue weighted by molar-refractivity contribution is -0.145. The number of carbonyl (C=O) groups is 1. The topological polar surface area (TPSA) is 52.6 Å². The average molecular weight is 268 g/mol. The second-order valence-electron chi connectivity index (χ2n) is 6.04. The lowest BCUT2D eigenvalue weighted by Crippen LogP contribution is -2.50. The van der Waals surface area contributed by atoms with Gasteiger partial charge in [0.1, 0.15) is 0 Å². The number of aliphatic hydroxyl groups is 1. The van der Waals surface area contributed by atoms with Crippen molar-refractivity contribution in [3.63, 3.8) is 0 Å². The highest BCUT2D eigenvalue weighted by molar-refractivity contribution is 5.83. The molecule has 110 valence electrons. The lowest BCUT2D eigenvalue weighted by atomic mass is 9.75. The minimum Gasteiger partial charge on any atom is -0.396 e. The standard InChI is InChI=1S/C15H28N2O2/c1-2-15(7-9-16-10-8-15)14(19)17-11-3-5-13(17)6-4-12-18/h13,16,18H,2-12H2,1H3. The fourth-order valence-electron chi connectivity index (χ4n) is 3.66. The van der Waals surface area contributed by atoms with E-state index in [2.05, 4.69) is 17.1 Å². The van der Waals surface area contributed by atoms with E-state index in [1.54, 1.807) is 0 Å². The van der Waals surface area contributed by atoms with Crippen LogP contribution in [0.25, 0.3) is 0 Å². The van der Waals surface area contributed by atoms with Crippen molar-refractivity contribution in [2.75, 3.05) is 26.2 Å². The summed E-state index contributed by atoms with van der Waals surface area (Å²) in [5.74, 6) is 0.386. The molecular weight excluding hydrogens is 240 g/mol. The van der Waals surface area contributed by atoms with Gasteiger partial charge < -0.3 is 15.3 Å². The number of nitrogens with one attached hydrogen (secondary N) is 1. The first-order chi connectivity index (χ1) is 9.23. The van der Waals surface area contributed by atoms with Crippen molar-refractivity contribution < 1.29 is 9.90 Å². The van der Waals surface area contributed by atoms with Crippen LogP contribution in [0, 0.1) is 5.41 Å². The molecule has 2 fully saturated rings. The fourth-order valence-corrected chi connectivity index (χ4v) is 3.66. The Balaban J connectivity index is 2.03. The van der Waals surface area contributed by atoms with Gasteiger partial charge in [-0.25, -0.2) is 0 Å². The van der Waals surface area contributed by atoms with Gasteiger partial charge in [-0.3, -0.25) is 4.79 Å². The summed E-state index contributed by atoms with van der Waals surface area (Å²) in [5, 5.41) is 12.3. The molecule has 0 radical (unpaired) electrons. The van der Waals surface area contributed by atoms with Crippen molar-refractivity contribution in [3.8, 4) is 0 Å². The monoisotopic (exact) mass is 268 g/mol. The summed E-state index contributed by atoms with van der Waals surface area (Å²) in [6, 6.07) is 0.373. The van der Waals surface area contributed by atoms with E-state index in [1.807, 2.05) is 0 Å². The number of nitrogens with zero attached hydrogens (tertiary/aromatic N) is 1. The summed E-state index contributed by atoms with van der Waals surface area (Å²) in [6.07, 6.45) is 6.92. The Morgan fingerprint density at radius 3 is 2.79 bits per heavy atom. The SMILES string of the molecule is CCC1(C(=O)N2CCCC2CCCO)CCNCC1. The van der Waals surface area contributed by atoms with E-state index in [0.717, 1.165) is 64.6 Å². The van der Waals surface area contributed by atoms with E-state index in [-0.39, 0.29) is 12.0 Å². The van der Waals surface area contributed by atoms with Gasteiger partial charge >= 0.3 is 0 Å². The number of likely N-dealkylation sites (tertiary alicyclic amines) is 1. The molecule has 2 heterocycles. The predicted octanol–water partition coefficient (Wildman–Crippen LogP) is 1.53. The smallest absolute Gasteiger partial charge is 0.229 e. The summed E-state index contributed by atoms with van der Waals surface area (Å²) in [6.45, 7) is 5.25. The van der Waals surface area contributed by atoms with Gasteiger partial charge in [-0.15, -0.1) is 0 Å². The Hall–Kier alpha value is -0.610. The number of carbonyl (C=O) groups excluding carboxylic acids is 1. The summed E-state index contributed by atoms with van der Waals surface area (Å²) in [5.41, 5.74) is -0.118. The number of aliphatic hydroxyl groups excluding tert-OH is 1. The zero-order valence-corrected chi connectivity index (χ0v) is 12.2. The summed E-state index contributed by atoms with van der Waals surface area (Å²) in [7, 11) is 0. The van der Waals surface area contributed by atoms with Crippen molar-refractivity contribution in [1.82, 2.24) is 10.2 Å². The van der Waals surface area contributed by atoms with Gasteiger partial charge in [0.2, 0.25) is 5.91 Å². The third-order valence-corrected chi connectivity index (χ3v) is 5.02. The van der Waals surface area contributed by atoms with E-state index in [4.69, 9.17) is 5.11 Å². The van der Waals surface area contributed by atoms with E-state index >= 15 is 0 Å². The molecule has 4 nitrogen and oxygen atoms in total. The molecule has 0 aromatic heterocycles. The van der Waals surface area contributed by atoms with Gasteiger partial charge in [0, 0.05) is 19.2 Å². The Morgan fingerprint density at radius 1 is 1.42 bits per heavy atom. The van der Waals surface area contributed by atoms with E-state index in [1.165, 1.54) is 0 Å². The minimum atomic E-state index is -0.118. The molecule has 2 aliphatic rings. The van der Waals surface area contributed by atoms with Crippen molar-refractivity contribution >= 4 is 5.91 Å². The molecule has 0 bridgehead atoms. The first kappa shape index (κ1) is 14.8. The quantitative estimate of drug-likeness (QED) is 0.795. The van der Waals surface area contributed by atoms with Gasteiger partial charge in [-0.05, 0) is 58.0 Å². The molecule has 2 rings (SSSR count). The number of piperidine rings is 1. The average Bonchev–Trinajstić information content (AvgIpc) is 2.93. The van der Waals surface area contributed by atoms with Crippen molar-refractivity contribution in [2.45, 2.75) is 57.9 Å². The van der Waals surface area contributed by atoms with Gasteiger partial charge in [0.25, 0.3) is 0 Å². The first-order valence-electron chi connectivity index (χ1n) is 7.86. The molecule has 4 heteroatoms. The minimum absolute atomic E-state index is 0.118. The van der Waals surface area contributed by atoms with E-state index < -0.39 is 0 Å². The zero-order chi connectivity index (χ0) is 13.7. The van der Waals surface area contributed by atoms with Crippen molar-refractivity contribution in [1.29, 1.82) is 0 Å². The molecule has 19 heavy (non-hydrogen) atoms. The molecule has 1 amide bonds. The molecule has 2 N–H and O–H groups in total. The zero-order valence-electron chi connectivity index (χ0n) is 12.2. The Labute approximate surface area is 116 Å². The molecule has 0 aromatic carbocycles. The number of hydrogen-bond donors (Lipinski definition) is 2. The van der Waals surface area contributed by atoms with Gasteiger partial charge in [-0.1, -0.05) is 6.92 Å². The summed E-state index contributed by atoms with van der Waals surface area (Å²) >= 11 is 0. The molecule has 2 saturated heterocycles. The van der Waals surface area contributed by atoms with Crippen LogP contribution < -0.4 is 5.32 Å². The van der Waals surface area contributed by atoms with E-state index in [0.29, 0.717) is 11.9 Å². The molecular formula is C15H28N2O2. The summed E-state index contributed by atoms with van der Waals surface area (Å²) < 4.78 is 0. The van der Waals surface area contributed by atoms with Crippen molar-refractivity contribution in [3.05, 3.63) is 0 Å². The maximum atomic E-state index is 13.0. The highest BCUT2D eigenvalue weighted by Crippen LogP contribution is 2.37. The maximum absolute atomic E-state index is 13.0. The Morgan fingerprint density at radius 2 is 2.16 bits per heavy atom. The van der Waals surface area contributed by atoms with Crippen LogP contribution in [0.3, 0.4) is 0 Å². The van der Waals surface area contributed by atoms with Crippen LogP contribution in [0.4, 0.5) is 0 Å². The second kappa shape index (κ2) is 6.71. The van der Waals surface area contributed by atoms with Gasteiger partial charge in [-0.2, -0.15) is 0 Å². The molecule has 0 aromatic rings. The first-order valence-corrected chi connectivity index (χ1v) is 7.86. The fraction of sp³-hybridized carbons (Fsp3) is 0.933. The maximum Gasteiger partial charge on any atom is 0.229 e. The van der Waals surface area contributed by atoms with Crippen LogP contribution >= 0.6 is 0 Å². The molecule has 1 unspecified atom stereocenters. The van der Waals surface area contributed by atoms with Gasteiger partial charge in [0.05, 0.1) is 5.41 Å². The third kappa shape index (κ3) is 3.11. The van der Waals surface area contributed by atoms with Crippen molar-refractivity contribution in [2.24, 2.45) is 5.41 Å². The molecule has 0 aliphatic carbocycles. The Bertz CT molecular complexity index is 301. The normalized spacial score (nSPS) is 26.6. The molecule has 1 atom stereocenters. The number of rotatable bonds is 5. The summed E-state index contributed by atoms with van der Waals surface area (Å²) in [4.78, 5) is 15.1. The van der Waals surface area contributed by atoms with Crippen LogP contribution in [-0.4, -0.2) is 48.2 Å². The molecule has 0 spiro atoms. The van der Waals surface area contributed by atoms with Crippen LogP contribution in [-0.2, 0) is 4.79 Å². The molecule has 0 saturated carbocycles. The third-order valence-electron chi connectivity index (χ3n) is 5.02. The second-order valence-corrected chi connectivity index (χ2v) is 6.04.